The monoisotopic (exact) mass is 292 g/mol. The van der Waals surface area contributed by atoms with Crippen molar-refractivity contribution in [1.82, 2.24) is 20.1 Å². The molecule has 1 aliphatic heterocycles. The zero-order valence-electron chi connectivity index (χ0n) is 12.5. The third-order valence-corrected chi connectivity index (χ3v) is 4.60. The molecule has 2 heterocycles. The van der Waals surface area contributed by atoms with Gasteiger partial charge in [-0.1, -0.05) is 19.3 Å². The second-order valence-electron chi connectivity index (χ2n) is 6.29. The van der Waals surface area contributed by atoms with Crippen LogP contribution in [0.25, 0.3) is 0 Å². The Morgan fingerprint density at radius 1 is 1.38 bits per heavy atom. The number of carbonyl (C=O) groups excluding carboxylic acids is 1. The summed E-state index contributed by atoms with van der Waals surface area (Å²) in [5.74, 6) is 0.122. The predicted molar refractivity (Wildman–Crippen MR) is 77.6 cm³/mol. The van der Waals surface area contributed by atoms with Crippen LogP contribution in [0.15, 0.2) is 12.7 Å². The fourth-order valence-electron chi connectivity index (χ4n) is 3.53. The van der Waals surface area contributed by atoms with Crippen molar-refractivity contribution in [3.63, 3.8) is 0 Å². The molecule has 1 saturated heterocycles. The first-order valence-corrected chi connectivity index (χ1v) is 8.02. The molecule has 2 fully saturated rings. The molecule has 1 aromatic rings. The van der Waals surface area contributed by atoms with E-state index in [1.807, 2.05) is 0 Å². The Bertz CT molecular complexity index is 454. The molecule has 6 heteroatoms. The van der Waals surface area contributed by atoms with Gasteiger partial charge < -0.3 is 10.1 Å². The van der Waals surface area contributed by atoms with Crippen molar-refractivity contribution >= 4 is 5.91 Å². The van der Waals surface area contributed by atoms with Gasteiger partial charge in [-0.2, -0.15) is 5.10 Å². The number of nitrogens with zero attached hydrogens (tertiary/aromatic N) is 3. The van der Waals surface area contributed by atoms with Crippen LogP contribution in [0.1, 0.15) is 51.4 Å². The molecule has 0 aromatic carbocycles. The summed E-state index contributed by atoms with van der Waals surface area (Å²) in [6.45, 7) is 1.41. The number of ether oxygens (including phenoxy) is 1. The predicted octanol–water partition coefficient (Wildman–Crippen LogP) is 1.67. The molecule has 2 aliphatic rings. The summed E-state index contributed by atoms with van der Waals surface area (Å²) < 4.78 is 7.77. The van der Waals surface area contributed by atoms with Crippen LogP contribution in [-0.2, 0) is 16.1 Å². The van der Waals surface area contributed by atoms with E-state index in [1.165, 1.54) is 25.6 Å². The molecular weight excluding hydrogens is 268 g/mol. The third-order valence-electron chi connectivity index (χ3n) is 4.60. The van der Waals surface area contributed by atoms with Crippen LogP contribution in [-0.4, -0.2) is 38.9 Å². The maximum absolute atomic E-state index is 12.0. The molecule has 1 N–H and O–H groups in total. The average Bonchev–Trinajstić information content (AvgIpc) is 3.11. The number of hydrogen-bond donors (Lipinski definition) is 1. The fourth-order valence-corrected chi connectivity index (χ4v) is 3.53. The second kappa shape index (κ2) is 6.56. The first-order valence-electron chi connectivity index (χ1n) is 8.02. The number of amides is 1. The summed E-state index contributed by atoms with van der Waals surface area (Å²) in [5, 5.41) is 7.15. The number of aromatic nitrogens is 3. The molecule has 6 nitrogen and oxygen atoms in total. The van der Waals surface area contributed by atoms with Crippen LogP contribution in [0.3, 0.4) is 0 Å². The van der Waals surface area contributed by atoms with Crippen molar-refractivity contribution in [1.29, 1.82) is 0 Å². The maximum atomic E-state index is 12.0. The Balaban J connectivity index is 1.37. The highest BCUT2D eigenvalue weighted by atomic mass is 16.5. The number of nitrogens with one attached hydrogen (secondary N) is 1. The van der Waals surface area contributed by atoms with Gasteiger partial charge in [0.2, 0.25) is 5.91 Å². The van der Waals surface area contributed by atoms with Crippen molar-refractivity contribution < 1.29 is 9.53 Å². The lowest BCUT2D eigenvalue weighted by atomic mass is 9.82. The lowest BCUT2D eigenvalue weighted by molar-refractivity contribution is -0.121. The molecule has 1 saturated carbocycles. The minimum Gasteiger partial charge on any atom is -0.373 e. The van der Waals surface area contributed by atoms with Crippen LogP contribution < -0.4 is 5.32 Å². The number of aryl methyl sites for hydroxylation is 1. The van der Waals surface area contributed by atoms with E-state index < -0.39 is 0 Å². The quantitative estimate of drug-likeness (QED) is 0.896. The molecule has 21 heavy (non-hydrogen) atoms. The normalized spacial score (nSPS) is 24.3. The molecule has 1 aromatic heterocycles. The van der Waals surface area contributed by atoms with Crippen LogP contribution >= 0.6 is 0 Å². The van der Waals surface area contributed by atoms with E-state index in [0.29, 0.717) is 13.0 Å². The number of hydrogen-bond acceptors (Lipinski definition) is 4. The first-order chi connectivity index (χ1) is 10.3. The molecule has 0 bridgehead atoms. The summed E-state index contributed by atoms with van der Waals surface area (Å²) in [6.07, 6.45) is 11.7. The van der Waals surface area contributed by atoms with E-state index in [9.17, 15) is 4.79 Å². The van der Waals surface area contributed by atoms with Crippen molar-refractivity contribution in [2.45, 2.75) is 69.6 Å². The molecule has 1 aliphatic carbocycles. The second-order valence-corrected chi connectivity index (χ2v) is 6.29. The minimum atomic E-state index is 0.0664. The highest BCUT2D eigenvalue weighted by Crippen LogP contribution is 2.39. The Morgan fingerprint density at radius 3 is 3.00 bits per heavy atom. The van der Waals surface area contributed by atoms with Gasteiger partial charge in [-0.05, 0) is 25.7 Å². The topological polar surface area (TPSA) is 69.0 Å². The zero-order valence-corrected chi connectivity index (χ0v) is 12.5. The molecule has 0 radical (unpaired) electrons. The van der Waals surface area contributed by atoms with Gasteiger partial charge in [0.1, 0.15) is 12.7 Å². The average molecular weight is 292 g/mol. The molecule has 116 valence electrons. The third kappa shape index (κ3) is 3.81. The van der Waals surface area contributed by atoms with E-state index >= 15 is 0 Å². The molecule has 1 spiro atoms. The van der Waals surface area contributed by atoms with E-state index in [1.54, 1.807) is 11.0 Å². The van der Waals surface area contributed by atoms with Gasteiger partial charge in [-0.3, -0.25) is 9.48 Å². The Morgan fingerprint density at radius 2 is 2.24 bits per heavy atom. The van der Waals surface area contributed by atoms with E-state index in [4.69, 9.17) is 4.74 Å². The summed E-state index contributed by atoms with van der Waals surface area (Å²) in [7, 11) is 0. The molecule has 1 unspecified atom stereocenters. The van der Waals surface area contributed by atoms with Crippen molar-refractivity contribution in [3.05, 3.63) is 12.7 Å². The summed E-state index contributed by atoms with van der Waals surface area (Å²) in [5.41, 5.74) is 0.0664. The first kappa shape index (κ1) is 14.5. The fraction of sp³-hybridized carbons (Fsp3) is 0.800. The van der Waals surface area contributed by atoms with Gasteiger partial charge in [-0.15, -0.1) is 0 Å². The zero-order chi connectivity index (χ0) is 14.5. The lowest BCUT2D eigenvalue weighted by Gasteiger charge is -2.32. The van der Waals surface area contributed by atoms with Gasteiger partial charge in [-0.25, -0.2) is 4.98 Å². The Kier molecular flexibility index (Phi) is 4.53. The van der Waals surface area contributed by atoms with Crippen molar-refractivity contribution in [2.75, 3.05) is 6.61 Å². The van der Waals surface area contributed by atoms with Gasteiger partial charge in [0.25, 0.3) is 0 Å². The molecular formula is C15H24N4O2. The smallest absolute Gasteiger partial charge is 0.220 e. The largest absolute Gasteiger partial charge is 0.373 e. The summed E-state index contributed by atoms with van der Waals surface area (Å²) in [6, 6.07) is 0.196. The summed E-state index contributed by atoms with van der Waals surface area (Å²) >= 11 is 0. The molecule has 1 amide bonds. The van der Waals surface area contributed by atoms with Crippen molar-refractivity contribution in [2.24, 2.45) is 0 Å². The van der Waals surface area contributed by atoms with E-state index in [-0.39, 0.29) is 17.6 Å². The van der Waals surface area contributed by atoms with Gasteiger partial charge in [0.15, 0.2) is 0 Å². The SMILES string of the molecule is O=C(CCCn1cncn1)NC1COC2(CCCCC2)C1. The minimum absolute atomic E-state index is 0.0664. The van der Waals surface area contributed by atoms with Crippen molar-refractivity contribution in [3.8, 4) is 0 Å². The van der Waals surface area contributed by atoms with Gasteiger partial charge >= 0.3 is 0 Å². The maximum Gasteiger partial charge on any atom is 0.220 e. The van der Waals surface area contributed by atoms with Crippen LogP contribution in [0.2, 0.25) is 0 Å². The Labute approximate surface area is 125 Å². The molecule has 3 rings (SSSR count). The molecule has 1 atom stereocenters. The summed E-state index contributed by atoms with van der Waals surface area (Å²) in [4.78, 5) is 15.9. The van der Waals surface area contributed by atoms with Crippen LogP contribution in [0, 0.1) is 0 Å². The highest BCUT2D eigenvalue weighted by molar-refractivity contribution is 5.76. The van der Waals surface area contributed by atoms with Gasteiger partial charge in [0.05, 0.1) is 18.2 Å². The number of rotatable bonds is 5. The lowest BCUT2D eigenvalue weighted by Crippen LogP contribution is -2.37. The number of carbonyl (C=O) groups is 1. The van der Waals surface area contributed by atoms with Crippen LogP contribution in [0.4, 0.5) is 0 Å². The van der Waals surface area contributed by atoms with Gasteiger partial charge in [0, 0.05) is 13.0 Å². The van der Waals surface area contributed by atoms with E-state index in [2.05, 4.69) is 15.4 Å². The standard InChI is InChI=1S/C15H24N4O2/c20-14(5-4-8-19-12-16-11-17-19)18-13-9-15(21-10-13)6-2-1-3-7-15/h11-13H,1-10H2,(H,18,20). The Hall–Kier alpha value is -1.43. The highest BCUT2D eigenvalue weighted by Gasteiger charge is 2.41. The van der Waals surface area contributed by atoms with Crippen LogP contribution in [0.5, 0.6) is 0 Å². The van der Waals surface area contributed by atoms with E-state index in [0.717, 1.165) is 32.2 Å².